The molecule has 1 heterocycles. The van der Waals surface area contributed by atoms with E-state index in [1.807, 2.05) is 0 Å². The van der Waals surface area contributed by atoms with E-state index in [1.165, 1.54) is 52.0 Å². The number of benzene rings is 1. The molecule has 18 amide bonds. The average molecular weight is 1760 g/mol. The normalized spacial score (nSPS) is 16.8. The number of hydrogen-bond donors (Lipinski definition) is 29. The van der Waals surface area contributed by atoms with Crippen molar-refractivity contribution in [3.8, 4) is 5.75 Å². The van der Waals surface area contributed by atoms with Gasteiger partial charge in [-0.15, -0.1) is 0 Å². The SMILES string of the molecule is CC[C@H](C)[C@H](NC(=O)[C@H](CCC(=O)O)NC(=O)[C@H](CS)NC(=O)[C@@H](NC(=O)[C@H](CC(N)=O)NC(=O)[C@@H]1CCCN1)[C@@H](C)O)C(=O)N[C@@H](CS)C(=O)N[C@@H](C)C(=O)N[C@@H](Cc1ccc(O)cc1)C(=O)N[C@@H](C)C(=O)N[C@@H](C)C(=O)N[C@@H](CS)C(=O)N[C@H](C(=O)NCC(=O)N[C@@H](CS)C(=O)N[C@@H](CC(=O)O)C(=O)N[C@@H](CCCCN)C(N)=O)[C@@H](C)O. The van der Waals surface area contributed by atoms with Crippen LogP contribution in [0.15, 0.2) is 24.3 Å². The lowest BCUT2D eigenvalue weighted by Gasteiger charge is -2.29. The molecule has 0 aromatic heterocycles. The fourth-order valence-corrected chi connectivity index (χ4v) is 12.1. The summed E-state index contributed by atoms with van der Waals surface area (Å²) in [6.45, 7) is 8.80. The summed E-state index contributed by atoms with van der Waals surface area (Å²) < 4.78 is 0. The second-order valence-corrected chi connectivity index (χ2v) is 29.4. The van der Waals surface area contributed by atoms with Crippen molar-refractivity contribution in [2.45, 2.75) is 228 Å². The molecular formula is C70H112N20O25S4. The second-order valence-electron chi connectivity index (χ2n) is 28.0. The molecule has 0 bridgehead atoms. The molecule has 0 aliphatic carbocycles. The number of hydrogen-bond acceptors (Lipinski definition) is 29. The van der Waals surface area contributed by atoms with Gasteiger partial charge in [0.25, 0.3) is 0 Å². The van der Waals surface area contributed by atoms with Gasteiger partial charge in [-0.25, -0.2) is 0 Å². The summed E-state index contributed by atoms with van der Waals surface area (Å²) in [4.78, 5) is 265. The number of rotatable bonds is 54. The summed E-state index contributed by atoms with van der Waals surface area (Å²) in [6, 6.07) is -19.3. The van der Waals surface area contributed by atoms with Gasteiger partial charge in [-0.1, -0.05) is 32.4 Å². The summed E-state index contributed by atoms with van der Waals surface area (Å²) in [6.07, 6.45) is -4.53. The molecular weight excluding hydrogens is 1650 g/mol. The number of phenols is 1. The first-order valence-corrected chi connectivity index (χ1v) is 40.2. The van der Waals surface area contributed by atoms with Crippen LogP contribution in [-0.2, 0) is 102 Å². The summed E-state index contributed by atoms with van der Waals surface area (Å²) in [5.74, 6) is -24.5. The average Bonchev–Trinajstić information content (AvgIpc) is 1.48. The van der Waals surface area contributed by atoms with Crippen LogP contribution in [0.5, 0.6) is 5.75 Å². The van der Waals surface area contributed by atoms with Gasteiger partial charge >= 0.3 is 11.9 Å². The second kappa shape index (κ2) is 53.2. The van der Waals surface area contributed by atoms with Gasteiger partial charge in [0.15, 0.2) is 0 Å². The first-order chi connectivity index (χ1) is 55.9. The van der Waals surface area contributed by atoms with Crippen LogP contribution in [0, 0.1) is 5.92 Å². The largest absolute Gasteiger partial charge is 0.508 e. The Hall–Kier alpha value is -10.3. The molecule has 1 saturated heterocycles. The number of aliphatic hydroxyl groups is 2. The Morgan fingerprint density at radius 3 is 1.30 bits per heavy atom. The minimum atomic E-state index is -1.84. The maximum Gasteiger partial charge on any atom is 0.305 e. The van der Waals surface area contributed by atoms with Crippen LogP contribution >= 0.6 is 50.5 Å². The number of primary amides is 2. The Bertz CT molecular complexity index is 3740. The number of nitrogens with two attached hydrogens (primary N) is 3. The first-order valence-electron chi connectivity index (χ1n) is 37.7. The van der Waals surface area contributed by atoms with E-state index in [0.29, 0.717) is 37.8 Å². The molecule has 49 heteroatoms. The quantitative estimate of drug-likeness (QED) is 0.0213. The minimum absolute atomic E-state index is 0.0540. The highest BCUT2D eigenvalue weighted by molar-refractivity contribution is 7.80. The van der Waals surface area contributed by atoms with Crippen molar-refractivity contribution in [2.75, 3.05) is 42.6 Å². The Kier molecular flexibility index (Phi) is 46.9. The maximum atomic E-state index is 14.2. The molecule has 1 aromatic carbocycles. The number of amides is 18. The zero-order valence-electron chi connectivity index (χ0n) is 66.4. The number of nitrogens with one attached hydrogen (secondary N) is 17. The molecule has 119 heavy (non-hydrogen) atoms. The summed E-state index contributed by atoms with van der Waals surface area (Å²) >= 11 is 16.5. The van der Waals surface area contributed by atoms with Crippen molar-refractivity contribution in [3.63, 3.8) is 0 Å². The van der Waals surface area contributed by atoms with Crippen molar-refractivity contribution in [2.24, 2.45) is 23.1 Å². The highest BCUT2D eigenvalue weighted by Gasteiger charge is 2.40. The lowest BCUT2D eigenvalue weighted by atomic mass is 9.97. The smallest absolute Gasteiger partial charge is 0.305 e. The number of aromatic hydroxyl groups is 1. The van der Waals surface area contributed by atoms with E-state index in [2.05, 4.69) is 141 Å². The molecule has 1 aliphatic rings. The zero-order valence-corrected chi connectivity index (χ0v) is 70.0. The molecule has 1 aromatic rings. The molecule has 19 atom stereocenters. The molecule has 28 N–H and O–H groups in total. The molecule has 2 rings (SSSR count). The van der Waals surface area contributed by atoms with Gasteiger partial charge in [0.05, 0.1) is 37.6 Å². The van der Waals surface area contributed by atoms with Crippen LogP contribution in [0.25, 0.3) is 0 Å². The Morgan fingerprint density at radius 2 is 0.840 bits per heavy atom. The highest BCUT2D eigenvalue weighted by Crippen LogP contribution is 2.15. The van der Waals surface area contributed by atoms with Crippen LogP contribution in [0.3, 0.4) is 0 Å². The zero-order chi connectivity index (χ0) is 90.2. The standard InChI is InChI=1S/C70H112N20O25S4/c1-8-30(2)52(88-60(105)40(18-19-50(96)97)81-66(111)46(28-118)87-70(115)54(35(7)92)90-63(108)42(23-48(72)94)83-59(104)39-13-11-21-74-39)69(114)86-45(27-117)64(109)78-33(5)57(102)82-41(22-36-14-16-37(93)17-15-36)61(106)77-31(3)56(101)76-32(4)58(103)85-47(29-119)67(112)89-53(34(6)91)68(113)75-25-49(95)79-44(26-116)65(110)84-43(24-51(98)99)62(107)80-38(55(73)100)12-9-10-20-71/h14-17,30-35,38-47,52-54,74,91-93,116-119H,8-13,18-29,71H2,1-7H3,(H2,72,94)(H2,73,100)(H,75,113)(H,76,101)(H,77,106)(H,78,109)(H,79,95)(H,80,107)(H,81,111)(H,82,102)(H,83,104)(H,84,110)(H,85,103)(H,86,114)(H,87,115)(H,88,105)(H,89,112)(H,90,108)(H,96,97)(H,98,99)/t30-,31-,32-,33-,34+,35+,38-,39-,40-,41-,42-,43-,44-,45-,46-,47-,52-,53-,54-/m0/s1. The Morgan fingerprint density at radius 1 is 0.445 bits per heavy atom. The van der Waals surface area contributed by atoms with Crippen molar-refractivity contribution < 1.29 is 121 Å². The maximum absolute atomic E-state index is 14.2. The minimum Gasteiger partial charge on any atom is -0.508 e. The lowest BCUT2D eigenvalue weighted by molar-refractivity contribution is -0.141. The summed E-state index contributed by atoms with van der Waals surface area (Å²) in [5, 5.41) is 90.3. The fourth-order valence-electron chi connectivity index (χ4n) is 11.0. The number of carboxylic acid groups (broad SMARTS) is 2. The van der Waals surface area contributed by atoms with Gasteiger partial charge in [0.2, 0.25) is 106 Å². The lowest BCUT2D eigenvalue weighted by Crippen LogP contribution is -2.62. The van der Waals surface area contributed by atoms with Crippen LogP contribution < -0.4 is 108 Å². The van der Waals surface area contributed by atoms with Gasteiger partial charge in [-0.05, 0) is 110 Å². The van der Waals surface area contributed by atoms with E-state index in [9.17, 15) is 121 Å². The number of carbonyl (C=O) groups excluding carboxylic acids is 18. The van der Waals surface area contributed by atoms with Crippen LogP contribution in [-0.4, -0.2) is 295 Å². The first kappa shape index (κ1) is 105. The van der Waals surface area contributed by atoms with E-state index in [-0.39, 0.29) is 31.6 Å². The summed E-state index contributed by atoms with van der Waals surface area (Å²) in [7, 11) is 0. The van der Waals surface area contributed by atoms with Crippen molar-refractivity contribution in [1.82, 2.24) is 90.4 Å². The number of phenolic OH excluding ortho intramolecular Hbond substituents is 1. The van der Waals surface area contributed by atoms with E-state index >= 15 is 0 Å². The topological polar surface area (TPSA) is 725 Å². The number of carbonyl (C=O) groups is 20. The predicted molar refractivity (Wildman–Crippen MR) is 435 cm³/mol. The van der Waals surface area contributed by atoms with Gasteiger partial charge in [0, 0.05) is 35.9 Å². The third-order valence-electron chi connectivity index (χ3n) is 18.2. The molecule has 45 nitrogen and oxygen atoms in total. The molecule has 1 fully saturated rings. The van der Waals surface area contributed by atoms with Crippen LogP contribution in [0.2, 0.25) is 0 Å². The predicted octanol–water partition coefficient (Wildman–Crippen LogP) is -10.5. The third kappa shape index (κ3) is 37.2. The fraction of sp³-hybridized carbons (Fsp3) is 0.629. The molecule has 0 unspecified atom stereocenters. The van der Waals surface area contributed by atoms with Gasteiger partial charge in [-0.2, -0.15) is 50.5 Å². The molecule has 1 aliphatic heterocycles. The monoisotopic (exact) mass is 1760 g/mol. The molecule has 0 radical (unpaired) electrons. The Labute approximate surface area is 706 Å². The van der Waals surface area contributed by atoms with Gasteiger partial charge < -0.3 is 133 Å². The van der Waals surface area contributed by atoms with Crippen LogP contribution in [0.1, 0.15) is 118 Å². The van der Waals surface area contributed by atoms with Crippen molar-refractivity contribution >= 4 is 169 Å². The number of carboxylic acids is 2. The molecule has 0 saturated carbocycles. The van der Waals surface area contributed by atoms with E-state index < -0.39 is 288 Å². The van der Waals surface area contributed by atoms with E-state index in [1.54, 1.807) is 6.92 Å². The van der Waals surface area contributed by atoms with E-state index in [4.69, 9.17) is 17.2 Å². The number of thiol groups is 4. The summed E-state index contributed by atoms with van der Waals surface area (Å²) in [5.41, 5.74) is 16.6. The number of unbranched alkanes of at least 4 members (excludes halogenated alkanes) is 1. The van der Waals surface area contributed by atoms with Crippen molar-refractivity contribution in [1.29, 1.82) is 0 Å². The van der Waals surface area contributed by atoms with Crippen molar-refractivity contribution in [3.05, 3.63) is 29.8 Å². The number of aliphatic hydroxyl groups excluding tert-OH is 2. The third-order valence-corrected chi connectivity index (χ3v) is 19.7. The number of aliphatic carboxylic acids is 2. The van der Waals surface area contributed by atoms with Crippen LogP contribution in [0.4, 0.5) is 0 Å². The van der Waals surface area contributed by atoms with Gasteiger partial charge in [-0.3, -0.25) is 95.9 Å². The van der Waals surface area contributed by atoms with Gasteiger partial charge in [0.1, 0.15) is 96.4 Å². The molecule has 0 spiro atoms. The Balaban J connectivity index is 2.20. The van der Waals surface area contributed by atoms with E-state index in [0.717, 1.165) is 13.8 Å². The molecule has 666 valence electrons. The highest BCUT2D eigenvalue weighted by atomic mass is 32.1.